The van der Waals surface area contributed by atoms with Crippen molar-refractivity contribution in [2.24, 2.45) is 10.9 Å². The highest BCUT2D eigenvalue weighted by Crippen LogP contribution is 2.50. The van der Waals surface area contributed by atoms with Gasteiger partial charge in [-0.15, -0.1) is 0 Å². The van der Waals surface area contributed by atoms with Crippen LogP contribution in [0.15, 0.2) is 76.2 Å². The lowest BCUT2D eigenvalue weighted by atomic mass is 9.76. The number of aliphatic imine (C=N–C) groups is 1. The van der Waals surface area contributed by atoms with Gasteiger partial charge in [-0.2, -0.15) is 0 Å². The molecule has 0 saturated heterocycles. The summed E-state index contributed by atoms with van der Waals surface area (Å²) >= 11 is 3.35. The summed E-state index contributed by atoms with van der Waals surface area (Å²) in [6.07, 6.45) is 7.56. The number of aryl methyl sites for hydroxylation is 1. The van der Waals surface area contributed by atoms with Crippen LogP contribution in [0, 0.1) is 12.8 Å². The number of nitrogens with one attached hydrogen (secondary N) is 1. The number of halogens is 1. The Balaban J connectivity index is 1.38. The molecule has 0 amide bonds. The van der Waals surface area contributed by atoms with Crippen LogP contribution in [-0.2, 0) is 0 Å². The molecule has 5 heteroatoms. The second-order valence-electron chi connectivity index (χ2n) is 8.47. The Hall–Kier alpha value is -3.05. The summed E-state index contributed by atoms with van der Waals surface area (Å²) in [6.45, 7) is 2.16. The number of aromatic hydroxyl groups is 1. The van der Waals surface area contributed by atoms with E-state index >= 15 is 0 Å². The molecular formula is C27H25BrN2O2. The highest BCUT2D eigenvalue weighted by atomic mass is 79.9. The Morgan fingerprint density at radius 2 is 1.94 bits per heavy atom. The van der Waals surface area contributed by atoms with Crippen LogP contribution in [0.5, 0.6) is 11.5 Å². The van der Waals surface area contributed by atoms with Crippen molar-refractivity contribution in [3.63, 3.8) is 0 Å². The van der Waals surface area contributed by atoms with Crippen LogP contribution in [0.2, 0.25) is 0 Å². The first-order chi connectivity index (χ1) is 15.5. The zero-order valence-electron chi connectivity index (χ0n) is 18.0. The molecule has 162 valence electrons. The maximum absolute atomic E-state index is 9.97. The Kier molecular flexibility index (Phi) is 5.51. The first kappa shape index (κ1) is 20.8. The topological polar surface area (TPSA) is 53.8 Å². The summed E-state index contributed by atoms with van der Waals surface area (Å²) in [5, 5.41) is 13.8. The molecule has 1 heterocycles. The third-order valence-electron chi connectivity index (χ3n) is 6.40. The molecule has 3 aromatic rings. The van der Waals surface area contributed by atoms with Crippen LogP contribution < -0.4 is 10.1 Å². The molecule has 0 bridgehead atoms. The smallest absolute Gasteiger partial charge is 0.172 e. The number of ether oxygens (including phenoxy) is 1. The van der Waals surface area contributed by atoms with E-state index in [4.69, 9.17) is 4.74 Å². The Morgan fingerprint density at radius 3 is 2.72 bits per heavy atom. The van der Waals surface area contributed by atoms with Crippen LogP contribution in [0.4, 0.5) is 11.4 Å². The standard InChI is InChI=1S/C27H25BrN2O2/c1-16-6-11-24-22(12-16)20-4-3-5-21(20)26(30-24)18-7-9-19(10-8-18)29-15-17-13-23(28)27(31)25(14-17)32-2/h3-4,6-15,20-21,26,30-31H,5H2,1-2H3/t20-,21-,26-/m0/s1. The van der Waals surface area contributed by atoms with E-state index in [1.807, 2.05) is 6.07 Å². The van der Waals surface area contributed by atoms with E-state index in [0.717, 1.165) is 17.7 Å². The number of benzene rings is 3. The molecule has 0 unspecified atom stereocenters. The molecule has 3 atom stereocenters. The molecule has 1 aliphatic heterocycles. The van der Waals surface area contributed by atoms with E-state index < -0.39 is 0 Å². The van der Waals surface area contributed by atoms with Gasteiger partial charge in [0.1, 0.15) is 0 Å². The van der Waals surface area contributed by atoms with Crippen molar-refractivity contribution in [3.05, 3.63) is 93.5 Å². The van der Waals surface area contributed by atoms with E-state index in [1.54, 1.807) is 12.3 Å². The number of fused-ring (bicyclic) bond motifs is 3. The predicted molar refractivity (Wildman–Crippen MR) is 134 cm³/mol. The van der Waals surface area contributed by atoms with Crippen molar-refractivity contribution in [3.8, 4) is 11.5 Å². The molecule has 0 radical (unpaired) electrons. The molecule has 2 N–H and O–H groups in total. The summed E-state index contributed by atoms with van der Waals surface area (Å²) < 4.78 is 5.79. The van der Waals surface area contributed by atoms with Crippen molar-refractivity contribution in [2.45, 2.75) is 25.3 Å². The quantitative estimate of drug-likeness (QED) is 0.305. The minimum Gasteiger partial charge on any atom is -0.503 e. The average molecular weight is 489 g/mol. The second kappa shape index (κ2) is 8.47. The molecule has 32 heavy (non-hydrogen) atoms. The number of phenols is 1. The fourth-order valence-electron chi connectivity index (χ4n) is 4.78. The second-order valence-corrected chi connectivity index (χ2v) is 9.32. The molecule has 4 nitrogen and oxygen atoms in total. The summed E-state index contributed by atoms with van der Waals surface area (Å²) in [5.74, 6) is 1.50. The van der Waals surface area contributed by atoms with Crippen molar-refractivity contribution >= 4 is 33.5 Å². The van der Waals surface area contributed by atoms with Gasteiger partial charge in [0.25, 0.3) is 0 Å². The van der Waals surface area contributed by atoms with Gasteiger partial charge in [0, 0.05) is 17.8 Å². The van der Waals surface area contributed by atoms with Gasteiger partial charge < -0.3 is 15.2 Å². The van der Waals surface area contributed by atoms with Gasteiger partial charge in [-0.1, -0.05) is 42.0 Å². The van der Waals surface area contributed by atoms with Crippen molar-refractivity contribution in [2.75, 3.05) is 12.4 Å². The van der Waals surface area contributed by atoms with Crippen molar-refractivity contribution in [1.29, 1.82) is 0 Å². The third-order valence-corrected chi connectivity index (χ3v) is 7.01. The number of methoxy groups -OCH3 is 1. The molecule has 0 spiro atoms. The first-order valence-electron chi connectivity index (χ1n) is 10.8. The Labute approximate surface area is 196 Å². The van der Waals surface area contributed by atoms with E-state index in [2.05, 4.69) is 87.8 Å². The van der Waals surface area contributed by atoms with Crippen molar-refractivity contribution < 1.29 is 9.84 Å². The zero-order chi connectivity index (χ0) is 22.2. The highest BCUT2D eigenvalue weighted by Gasteiger charge is 2.37. The lowest BCUT2D eigenvalue weighted by molar-refractivity contribution is 0.372. The molecule has 0 fully saturated rings. The number of hydrogen-bond donors (Lipinski definition) is 2. The van der Waals surface area contributed by atoms with Crippen molar-refractivity contribution in [1.82, 2.24) is 0 Å². The van der Waals surface area contributed by atoms with Gasteiger partial charge in [-0.25, -0.2) is 0 Å². The highest BCUT2D eigenvalue weighted by molar-refractivity contribution is 9.10. The van der Waals surface area contributed by atoms with Gasteiger partial charge in [-0.3, -0.25) is 4.99 Å². The number of anilines is 1. The minimum absolute atomic E-state index is 0.0884. The number of phenolic OH excluding ortho intramolecular Hbond substituents is 1. The largest absolute Gasteiger partial charge is 0.503 e. The number of nitrogens with zero attached hydrogens (tertiary/aromatic N) is 1. The van der Waals surface area contributed by atoms with Gasteiger partial charge in [-0.05, 0) is 82.2 Å². The SMILES string of the molecule is COc1cc(C=Nc2ccc([C@@H]3Nc4ccc(C)cc4[C@H]4C=CC[C@@H]43)cc2)cc(Br)c1O. The Bertz CT molecular complexity index is 1220. The normalized spacial score (nSPS) is 21.3. The lowest BCUT2D eigenvalue weighted by Gasteiger charge is -2.37. The monoisotopic (exact) mass is 488 g/mol. The van der Waals surface area contributed by atoms with Gasteiger partial charge in [0.2, 0.25) is 0 Å². The molecule has 3 aromatic carbocycles. The fourth-order valence-corrected chi connectivity index (χ4v) is 5.24. The zero-order valence-corrected chi connectivity index (χ0v) is 19.6. The van der Waals surface area contributed by atoms with Crippen LogP contribution in [0.1, 0.15) is 40.6 Å². The summed E-state index contributed by atoms with van der Waals surface area (Å²) in [7, 11) is 1.53. The molecule has 5 rings (SSSR count). The summed E-state index contributed by atoms with van der Waals surface area (Å²) in [6, 6.07) is 19.0. The van der Waals surface area contributed by atoms with E-state index in [-0.39, 0.29) is 11.8 Å². The number of rotatable bonds is 4. The Morgan fingerprint density at radius 1 is 1.12 bits per heavy atom. The summed E-state index contributed by atoms with van der Waals surface area (Å²) in [4.78, 5) is 4.61. The van der Waals surface area contributed by atoms with Gasteiger partial charge >= 0.3 is 0 Å². The summed E-state index contributed by atoms with van der Waals surface area (Å²) in [5.41, 5.74) is 6.96. The maximum Gasteiger partial charge on any atom is 0.172 e. The van der Waals surface area contributed by atoms with Crippen LogP contribution in [-0.4, -0.2) is 18.4 Å². The molecule has 0 aromatic heterocycles. The average Bonchev–Trinajstić information content (AvgIpc) is 3.30. The minimum atomic E-state index is 0.0884. The van der Waals surface area contributed by atoms with E-state index in [9.17, 15) is 5.11 Å². The first-order valence-corrected chi connectivity index (χ1v) is 11.6. The fraction of sp³-hybridized carbons (Fsp3) is 0.222. The third kappa shape index (κ3) is 3.82. The van der Waals surface area contributed by atoms with E-state index in [1.165, 1.54) is 29.5 Å². The van der Waals surface area contributed by atoms with Crippen LogP contribution >= 0.6 is 15.9 Å². The van der Waals surface area contributed by atoms with E-state index in [0.29, 0.717) is 22.1 Å². The molecule has 0 saturated carbocycles. The number of hydrogen-bond acceptors (Lipinski definition) is 4. The van der Waals surface area contributed by atoms with Gasteiger partial charge in [0.15, 0.2) is 11.5 Å². The molecule has 2 aliphatic rings. The maximum atomic E-state index is 9.97. The van der Waals surface area contributed by atoms with Gasteiger partial charge in [0.05, 0.1) is 23.3 Å². The predicted octanol–water partition coefficient (Wildman–Crippen LogP) is 7.05. The number of allylic oxidation sites excluding steroid dienone is 2. The molecular weight excluding hydrogens is 464 g/mol. The van der Waals surface area contributed by atoms with Crippen LogP contribution in [0.25, 0.3) is 0 Å². The molecule has 1 aliphatic carbocycles. The lowest BCUT2D eigenvalue weighted by Crippen LogP contribution is -2.29. The van der Waals surface area contributed by atoms with Crippen LogP contribution in [0.3, 0.4) is 0 Å².